The van der Waals surface area contributed by atoms with Crippen molar-refractivity contribution in [1.82, 2.24) is 4.98 Å². The van der Waals surface area contributed by atoms with E-state index in [1.165, 1.54) is 36.5 Å². The Morgan fingerprint density at radius 3 is 2.21 bits per heavy atom. The molecule has 1 atom stereocenters. The third-order valence-electron chi connectivity index (χ3n) is 5.11. The maximum Gasteiger partial charge on any atom is 0.417 e. The summed E-state index contributed by atoms with van der Waals surface area (Å²) in [4.78, 5) is 4.17. The molecule has 0 saturated carbocycles. The summed E-state index contributed by atoms with van der Waals surface area (Å²) in [7, 11) is 0. The zero-order valence-electron chi connectivity index (χ0n) is 15.6. The van der Waals surface area contributed by atoms with E-state index in [1.807, 2.05) is 0 Å². The molecule has 0 aliphatic heterocycles. The minimum atomic E-state index is -4.84. The van der Waals surface area contributed by atoms with Crippen molar-refractivity contribution >= 4 is 10.9 Å². The topological polar surface area (TPSA) is 33.1 Å². The van der Waals surface area contributed by atoms with Crippen LogP contribution >= 0.6 is 0 Å². The monoisotopic (exact) mass is 391 g/mol. The minimum absolute atomic E-state index is 0.375. The summed E-state index contributed by atoms with van der Waals surface area (Å²) < 4.78 is 55.1. The summed E-state index contributed by atoms with van der Waals surface area (Å²) in [6.45, 7) is 3.23. The maximum absolute atomic E-state index is 14.0. The number of para-hydroxylation sites is 1. The molecule has 3 aromatic rings. The van der Waals surface area contributed by atoms with Crippen molar-refractivity contribution in [3.05, 3.63) is 77.7 Å². The maximum atomic E-state index is 14.0. The van der Waals surface area contributed by atoms with Crippen molar-refractivity contribution in [3.63, 3.8) is 0 Å². The molecular formula is C22H21F4NO. The lowest BCUT2D eigenvalue weighted by Crippen LogP contribution is -2.50. The second kappa shape index (κ2) is 7.17. The molecular weight excluding hydrogens is 370 g/mol. The molecule has 0 spiro atoms. The Bertz CT molecular complexity index is 961. The van der Waals surface area contributed by atoms with Gasteiger partial charge in [0.1, 0.15) is 5.82 Å². The molecule has 1 unspecified atom stereocenters. The Hall–Kier alpha value is -2.47. The normalized spacial score (nSPS) is 14.8. The van der Waals surface area contributed by atoms with Crippen molar-refractivity contribution in [2.24, 2.45) is 0 Å². The fourth-order valence-electron chi connectivity index (χ4n) is 3.62. The fourth-order valence-corrected chi connectivity index (χ4v) is 3.62. The van der Waals surface area contributed by atoms with E-state index in [9.17, 15) is 22.7 Å². The quantitative estimate of drug-likeness (QED) is 0.576. The number of alkyl halides is 3. The van der Waals surface area contributed by atoms with Gasteiger partial charge in [0.05, 0.1) is 5.52 Å². The SMILES string of the molecule is CC(C)(CC(O)(Cc1ccnc2ccccc12)C(F)(F)F)c1ccc(F)cc1. The molecule has 1 heterocycles. The molecule has 28 heavy (non-hydrogen) atoms. The van der Waals surface area contributed by atoms with Crippen LogP contribution in [-0.2, 0) is 11.8 Å². The van der Waals surface area contributed by atoms with Gasteiger partial charge in [-0.15, -0.1) is 0 Å². The third-order valence-corrected chi connectivity index (χ3v) is 5.11. The lowest BCUT2D eigenvalue weighted by Gasteiger charge is -2.38. The van der Waals surface area contributed by atoms with Gasteiger partial charge in [-0.2, -0.15) is 13.2 Å². The first-order chi connectivity index (χ1) is 13.0. The smallest absolute Gasteiger partial charge is 0.380 e. The highest BCUT2D eigenvalue weighted by Gasteiger charge is 2.55. The molecule has 0 saturated heterocycles. The second-order valence-electron chi connectivity index (χ2n) is 7.76. The average Bonchev–Trinajstić information content (AvgIpc) is 2.61. The Labute approximate surface area is 160 Å². The van der Waals surface area contributed by atoms with E-state index in [0.29, 0.717) is 22.0 Å². The van der Waals surface area contributed by atoms with Crippen LogP contribution in [0.5, 0.6) is 0 Å². The average molecular weight is 391 g/mol. The summed E-state index contributed by atoms with van der Waals surface area (Å²) in [6, 6.07) is 13.7. The van der Waals surface area contributed by atoms with Gasteiger partial charge >= 0.3 is 6.18 Å². The third kappa shape index (κ3) is 4.02. The molecule has 0 bridgehead atoms. The standard InChI is InChI=1S/C22H21F4NO/c1-20(2,16-7-9-17(23)10-8-16)14-21(28,22(24,25)26)13-15-11-12-27-19-6-4-3-5-18(15)19/h3-12,28H,13-14H2,1-2H3. The van der Waals surface area contributed by atoms with E-state index in [-0.39, 0.29) is 0 Å². The lowest BCUT2D eigenvalue weighted by atomic mass is 9.73. The molecule has 3 rings (SSSR count). The number of hydrogen-bond donors (Lipinski definition) is 1. The molecule has 1 N–H and O–H groups in total. The number of fused-ring (bicyclic) bond motifs is 1. The number of pyridine rings is 1. The number of nitrogens with zero attached hydrogens (tertiary/aromatic N) is 1. The highest BCUT2D eigenvalue weighted by atomic mass is 19.4. The van der Waals surface area contributed by atoms with Crippen LogP contribution in [0.25, 0.3) is 10.9 Å². The van der Waals surface area contributed by atoms with Gasteiger partial charge in [0, 0.05) is 18.0 Å². The largest absolute Gasteiger partial charge is 0.417 e. The first kappa shape index (κ1) is 20.3. The van der Waals surface area contributed by atoms with E-state index >= 15 is 0 Å². The molecule has 0 fully saturated rings. The first-order valence-electron chi connectivity index (χ1n) is 8.90. The van der Waals surface area contributed by atoms with Gasteiger partial charge in [0.25, 0.3) is 0 Å². The molecule has 2 nitrogen and oxygen atoms in total. The minimum Gasteiger partial charge on any atom is -0.380 e. The fraction of sp³-hybridized carbons (Fsp3) is 0.318. The predicted molar refractivity (Wildman–Crippen MR) is 100 cm³/mol. The summed E-state index contributed by atoms with van der Waals surface area (Å²) >= 11 is 0. The highest BCUT2D eigenvalue weighted by Crippen LogP contribution is 2.43. The molecule has 148 valence electrons. The molecule has 0 aliphatic rings. The highest BCUT2D eigenvalue weighted by molar-refractivity contribution is 5.81. The summed E-state index contributed by atoms with van der Waals surface area (Å²) in [6.07, 6.45) is -4.55. The van der Waals surface area contributed by atoms with Gasteiger partial charge in [-0.3, -0.25) is 4.98 Å². The van der Waals surface area contributed by atoms with Crippen LogP contribution in [0.2, 0.25) is 0 Å². The van der Waals surface area contributed by atoms with Crippen molar-refractivity contribution in [3.8, 4) is 0 Å². The first-order valence-corrected chi connectivity index (χ1v) is 8.90. The van der Waals surface area contributed by atoms with Crippen LogP contribution in [0.3, 0.4) is 0 Å². The lowest BCUT2D eigenvalue weighted by molar-refractivity contribution is -0.266. The number of aromatic nitrogens is 1. The van der Waals surface area contributed by atoms with Crippen LogP contribution in [0, 0.1) is 5.82 Å². The Morgan fingerprint density at radius 1 is 0.929 bits per heavy atom. The van der Waals surface area contributed by atoms with E-state index in [2.05, 4.69) is 4.98 Å². The van der Waals surface area contributed by atoms with Gasteiger partial charge in [-0.25, -0.2) is 4.39 Å². The number of halogens is 4. The Morgan fingerprint density at radius 2 is 1.57 bits per heavy atom. The molecule has 2 aromatic carbocycles. The second-order valence-corrected chi connectivity index (χ2v) is 7.76. The number of hydrogen-bond acceptors (Lipinski definition) is 2. The predicted octanol–water partition coefficient (Wildman–Crippen LogP) is 5.58. The van der Waals surface area contributed by atoms with E-state index in [4.69, 9.17) is 0 Å². The molecule has 0 amide bonds. The van der Waals surface area contributed by atoms with Crippen LogP contribution in [0.4, 0.5) is 17.6 Å². The number of benzene rings is 2. The summed E-state index contributed by atoms with van der Waals surface area (Å²) in [5, 5.41) is 11.4. The Kier molecular flexibility index (Phi) is 5.19. The molecule has 0 radical (unpaired) electrons. The summed E-state index contributed by atoms with van der Waals surface area (Å²) in [5.74, 6) is -0.464. The molecule has 6 heteroatoms. The number of rotatable bonds is 5. The molecule has 1 aromatic heterocycles. The van der Waals surface area contributed by atoms with Crippen molar-refractivity contribution in [2.75, 3.05) is 0 Å². The van der Waals surface area contributed by atoms with Crippen LogP contribution < -0.4 is 0 Å². The van der Waals surface area contributed by atoms with Crippen LogP contribution in [-0.4, -0.2) is 21.9 Å². The van der Waals surface area contributed by atoms with E-state index < -0.39 is 35.9 Å². The molecule has 0 aliphatic carbocycles. The van der Waals surface area contributed by atoms with Gasteiger partial charge in [-0.05, 0) is 47.2 Å². The van der Waals surface area contributed by atoms with E-state index in [0.717, 1.165) is 0 Å². The van der Waals surface area contributed by atoms with Crippen molar-refractivity contribution in [2.45, 2.75) is 43.9 Å². The van der Waals surface area contributed by atoms with Crippen molar-refractivity contribution < 1.29 is 22.7 Å². The van der Waals surface area contributed by atoms with E-state index in [1.54, 1.807) is 38.1 Å². The van der Waals surface area contributed by atoms with Gasteiger partial charge in [0.2, 0.25) is 0 Å². The zero-order valence-corrected chi connectivity index (χ0v) is 15.6. The zero-order chi connectivity index (χ0) is 20.6. The van der Waals surface area contributed by atoms with Crippen LogP contribution in [0.15, 0.2) is 60.8 Å². The van der Waals surface area contributed by atoms with Gasteiger partial charge in [-0.1, -0.05) is 44.2 Å². The van der Waals surface area contributed by atoms with Gasteiger partial charge < -0.3 is 5.11 Å². The van der Waals surface area contributed by atoms with Crippen LogP contribution in [0.1, 0.15) is 31.4 Å². The number of aliphatic hydroxyl groups is 1. The van der Waals surface area contributed by atoms with Crippen molar-refractivity contribution in [1.29, 1.82) is 0 Å². The van der Waals surface area contributed by atoms with Gasteiger partial charge in [0.15, 0.2) is 5.60 Å². The summed E-state index contributed by atoms with van der Waals surface area (Å²) in [5.41, 5.74) is -2.51. The Balaban J connectivity index is 2.00.